The number of nitrogens with zero attached hydrogens (tertiary/aromatic N) is 2. The smallest absolute Gasteiger partial charge is 0.123 e. The van der Waals surface area contributed by atoms with Crippen LogP contribution in [0.2, 0.25) is 0 Å². The lowest BCUT2D eigenvalue weighted by Gasteiger charge is -2.60. The van der Waals surface area contributed by atoms with Gasteiger partial charge in [0.05, 0.1) is 0 Å². The second-order valence-electron chi connectivity index (χ2n) is 17.2. The minimum atomic E-state index is -0.153. The van der Waals surface area contributed by atoms with Crippen molar-refractivity contribution in [1.82, 2.24) is 0 Å². The molecule has 254 valence electrons. The van der Waals surface area contributed by atoms with Crippen molar-refractivity contribution in [2.75, 3.05) is 9.80 Å². The van der Waals surface area contributed by atoms with Crippen molar-refractivity contribution in [3.05, 3.63) is 108 Å². The average Bonchev–Trinajstić information content (AvgIpc) is 3.09. The number of hydrogen-bond donors (Lipinski definition) is 0. The molecule has 4 unspecified atom stereocenters. The van der Waals surface area contributed by atoms with Gasteiger partial charge in [-0.3, -0.25) is 0 Å². The predicted molar refractivity (Wildman–Crippen MR) is 205 cm³/mol. The molecule has 0 saturated heterocycles. The quantitative estimate of drug-likeness (QED) is 0.170. The summed E-state index contributed by atoms with van der Waals surface area (Å²) in [5.41, 5.74) is 6.81. The number of rotatable bonds is 2. The molecule has 6 aromatic rings. The maximum atomic E-state index is 14.8. The minimum absolute atomic E-state index is 0.0341. The predicted octanol–water partition coefficient (Wildman–Crippen LogP) is 12.9. The zero-order chi connectivity index (χ0) is 34.2. The largest absolute Gasteiger partial charge is 0.334 e. The number of anilines is 4. The van der Waals surface area contributed by atoms with Gasteiger partial charge in [0.1, 0.15) is 11.6 Å². The third-order valence-electron chi connectivity index (χ3n) is 14.7. The van der Waals surface area contributed by atoms with E-state index in [2.05, 4.69) is 86.0 Å². The van der Waals surface area contributed by atoms with Crippen molar-refractivity contribution in [2.24, 2.45) is 10.8 Å². The molecule has 2 nitrogen and oxygen atoms in total. The lowest BCUT2D eigenvalue weighted by Crippen LogP contribution is -2.60. The van der Waals surface area contributed by atoms with Gasteiger partial charge < -0.3 is 9.80 Å². The molecule has 2 fully saturated rings. The van der Waals surface area contributed by atoms with Gasteiger partial charge in [0.2, 0.25) is 0 Å². The normalized spacial score (nSPS) is 29.2. The number of hydrogen-bond acceptors (Lipinski definition) is 2. The van der Waals surface area contributed by atoms with Crippen molar-refractivity contribution in [1.29, 1.82) is 0 Å². The number of benzene rings is 6. The molecular weight excluding hydrogens is 619 g/mol. The summed E-state index contributed by atoms with van der Waals surface area (Å²) < 4.78 is 29.6. The Morgan fingerprint density at radius 3 is 1.28 bits per heavy atom. The molecule has 10 rings (SSSR count). The summed E-state index contributed by atoms with van der Waals surface area (Å²) in [6.07, 6.45) is 11.2. The molecule has 0 spiro atoms. The summed E-state index contributed by atoms with van der Waals surface area (Å²) in [5.74, 6) is -0.307. The standard InChI is InChI=1S/C46H46F2N2/c1-43-21-5-7-23-45(43,3)49(37-19-13-33(47)25-31(37)27-43)39-17-11-29-10-16-36-40(18-12-30-9-15-35(39)41(29)42(30)36)50-38-20-14-34(48)26-32(38)28-44(2)22-6-8-24-46(44,50)4/h9-20,25-26H,5-8,21-24,27-28H2,1-4H3. The van der Waals surface area contributed by atoms with E-state index in [4.69, 9.17) is 0 Å². The fourth-order valence-corrected chi connectivity index (χ4v) is 11.6. The van der Waals surface area contributed by atoms with E-state index in [0.29, 0.717) is 0 Å². The first-order valence-corrected chi connectivity index (χ1v) is 18.9. The van der Waals surface area contributed by atoms with Crippen LogP contribution in [0.15, 0.2) is 84.9 Å². The third kappa shape index (κ3) is 3.88. The second kappa shape index (κ2) is 10.2. The summed E-state index contributed by atoms with van der Waals surface area (Å²) in [6.45, 7) is 9.81. The van der Waals surface area contributed by atoms with Gasteiger partial charge >= 0.3 is 0 Å². The van der Waals surface area contributed by atoms with Gasteiger partial charge in [-0.15, -0.1) is 0 Å². The monoisotopic (exact) mass is 664 g/mol. The first-order valence-electron chi connectivity index (χ1n) is 18.9. The molecular formula is C46H46F2N2. The van der Waals surface area contributed by atoms with Crippen LogP contribution >= 0.6 is 0 Å². The lowest BCUT2D eigenvalue weighted by molar-refractivity contribution is 0.0863. The topological polar surface area (TPSA) is 6.48 Å². The van der Waals surface area contributed by atoms with Crippen LogP contribution in [0, 0.1) is 22.5 Å². The van der Waals surface area contributed by atoms with Crippen LogP contribution in [0.1, 0.15) is 90.2 Å². The molecule has 0 aromatic heterocycles. The van der Waals surface area contributed by atoms with E-state index in [0.717, 1.165) is 61.0 Å². The van der Waals surface area contributed by atoms with E-state index in [1.54, 1.807) is 24.3 Å². The highest BCUT2D eigenvalue weighted by atomic mass is 19.1. The zero-order valence-corrected chi connectivity index (χ0v) is 29.8. The average molecular weight is 665 g/mol. The first-order chi connectivity index (χ1) is 24.0. The summed E-state index contributed by atoms with van der Waals surface area (Å²) in [6, 6.07) is 29.5. The molecule has 4 heteroatoms. The maximum absolute atomic E-state index is 14.8. The molecule has 2 aliphatic carbocycles. The summed E-state index contributed by atoms with van der Waals surface area (Å²) in [4.78, 5) is 5.22. The molecule has 2 saturated carbocycles. The highest BCUT2D eigenvalue weighted by Crippen LogP contribution is 2.61. The van der Waals surface area contributed by atoms with Gasteiger partial charge in [-0.25, -0.2) is 8.78 Å². The van der Waals surface area contributed by atoms with Crippen molar-refractivity contribution >= 4 is 55.1 Å². The van der Waals surface area contributed by atoms with Gasteiger partial charge in [0.25, 0.3) is 0 Å². The van der Waals surface area contributed by atoms with Crippen LogP contribution in [0.4, 0.5) is 31.5 Å². The first kappa shape index (κ1) is 30.6. The molecule has 0 amide bonds. The van der Waals surface area contributed by atoms with Crippen LogP contribution in [-0.4, -0.2) is 11.1 Å². The van der Waals surface area contributed by atoms with Gasteiger partial charge in [0.15, 0.2) is 0 Å². The molecule has 0 bridgehead atoms. The number of fused-ring (bicyclic) bond motifs is 4. The highest BCUT2D eigenvalue weighted by molar-refractivity contribution is 6.27. The van der Waals surface area contributed by atoms with E-state index >= 15 is 0 Å². The molecule has 6 aromatic carbocycles. The molecule has 2 aliphatic heterocycles. The fourth-order valence-electron chi connectivity index (χ4n) is 11.6. The Bertz CT molecular complexity index is 2200. The fraction of sp³-hybridized carbons (Fsp3) is 0.391. The lowest BCUT2D eigenvalue weighted by atomic mass is 9.57. The molecule has 0 radical (unpaired) electrons. The van der Waals surface area contributed by atoms with E-state index in [1.807, 2.05) is 12.1 Å². The van der Waals surface area contributed by atoms with Crippen molar-refractivity contribution in [2.45, 2.75) is 103 Å². The van der Waals surface area contributed by atoms with Gasteiger partial charge in [0, 0.05) is 44.6 Å². The zero-order valence-electron chi connectivity index (χ0n) is 29.8. The molecule has 50 heavy (non-hydrogen) atoms. The van der Waals surface area contributed by atoms with Crippen LogP contribution in [0.5, 0.6) is 0 Å². The van der Waals surface area contributed by atoms with E-state index in [1.165, 1.54) is 69.4 Å². The van der Waals surface area contributed by atoms with Gasteiger partial charge in [-0.05, 0) is 144 Å². The highest BCUT2D eigenvalue weighted by Gasteiger charge is 2.55. The Morgan fingerprint density at radius 1 is 0.460 bits per heavy atom. The van der Waals surface area contributed by atoms with Crippen molar-refractivity contribution in [3.8, 4) is 0 Å². The molecule has 0 N–H and O–H groups in total. The Morgan fingerprint density at radius 2 is 0.840 bits per heavy atom. The Balaban J connectivity index is 1.24. The van der Waals surface area contributed by atoms with Crippen LogP contribution in [0.25, 0.3) is 32.3 Å². The van der Waals surface area contributed by atoms with Crippen LogP contribution < -0.4 is 9.80 Å². The molecule has 4 atom stereocenters. The van der Waals surface area contributed by atoms with Crippen molar-refractivity contribution < 1.29 is 8.78 Å². The van der Waals surface area contributed by atoms with E-state index in [9.17, 15) is 8.78 Å². The van der Waals surface area contributed by atoms with Crippen LogP contribution in [-0.2, 0) is 12.8 Å². The van der Waals surface area contributed by atoms with E-state index in [-0.39, 0.29) is 33.5 Å². The minimum Gasteiger partial charge on any atom is -0.334 e. The number of halogens is 2. The SMILES string of the molecule is CC12CCCCC1(C)N(c1ccc3ccc4c(N5c6ccc(F)cc6CC6(C)CCCCC56C)ccc5ccc1c3c54)c1ccc(F)cc1C2. The van der Waals surface area contributed by atoms with Gasteiger partial charge in [-0.2, -0.15) is 0 Å². The second-order valence-corrected chi connectivity index (χ2v) is 17.2. The molecule has 2 heterocycles. The van der Waals surface area contributed by atoms with Crippen LogP contribution in [0.3, 0.4) is 0 Å². The maximum Gasteiger partial charge on any atom is 0.123 e. The molecule has 4 aliphatic rings. The Labute approximate surface area is 294 Å². The summed E-state index contributed by atoms with van der Waals surface area (Å²) >= 11 is 0. The Hall–Kier alpha value is -4.18. The van der Waals surface area contributed by atoms with Crippen molar-refractivity contribution in [3.63, 3.8) is 0 Å². The third-order valence-corrected chi connectivity index (χ3v) is 14.7. The summed E-state index contributed by atoms with van der Waals surface area (Å²) in [7, 11) is 0. The van der Waals surface area contributed by atoms with E-state index < -0.39 is 0 Å². The summed E-state index contributed by atoms with van der Waals surface area (Å²) in [5, 5.41) is 7.56. The van der Waals surface area contributed by atoms with Gasteiger partial charge in [-0.1, -0.05) is 75.9 Å². The Kier molecular flexibility index (Phi) is 6.25.